The number of rotatable bonds is 8. The van der Waals surface area contributed by atoms with Crippen LogP contribution in [-0.2, 0) is 27.4 Å². The van der Waals surface area contributed by atoms with Gasteiger partial charge in [0.1, 0.15) is 5.01 Å². The number of aryl methyl sites for hydroxylation is 1. The van der Waals surface area contributed by atoms with Gasteiger partial charge in [0.15, 0.2) is 10.6 Å². The molecule has 2 N–H and O–H groups in total. The summed E-state index contributed by atoms with van der Waals surface area (Å²) in [7, 11) is 0. The first-order valence-corrected chi connectivity index (χ1v) is 12.6. The Morgan fingerprint density at radius 3 is 2.42 bits per heavy atom. The molecule has 3 aromatic rings. The van der Waals surface area contributed by atoms with E-state index in [1.807, 2.05) is 55.5 Å². The van der Waals surface area contributed by atoms with Gasteiger partial charge < -0.3 is 19.9 Å². The van der Waals surface area contributed by atoms with Gasteiger partial charge in [-0.15, -0.1) is 10.2 Å². The Morgan fingerprint density at radius 1 is 1.09 bits per heavy atom. The van der Waals surface area contributed by atoms with Crippen molar-refractivity contribution in [2.45, 2.75) is 56.3 Å². The number of carbonyl (C=O) groups excluding carboxylic acids is 1. The van der Waals surface area contributed by atoms with E-state index in [1.165, 1.54) is 6.92 Å². The van der Waals surface area contributed by atoms with Crippen molar-refractivity contribution in [3.63, 3.8) is 0 Å². The predicted molar refractivity (Wildman–Crippen MR) is 128 cm³/mol. The molecule has 2 aromatic carbocycles. The van der Waals surface area contributed by atoms with Crippen LogP contribution in [0.1, 0.15) is 53.0 Å². The summed E-state index contributed by atoms with van der Waals surface area (Å²) in [6, 6.07) is 15.8. The van der Waals surface area contributed by atoms with Gasteiger partial charge >= 0.3 is 0 Å². The molecule has 1 fully saturated rings. The second-order valence-corrected chi connectivity index (χ2v) is 10.3. The molecule has 7 nitrogen and oxygen atoms in total. The monoisotopic (exact) mass is 485 g/mol. The SMILES string of the molecule is CC(=O)NCc1ccc([C@@H]2O[C@H](CSc3nnc(C)s3)C[C@H](c3ccc(CO)cc3)O2)cc1. The van der Waals surface area contributed by atoms with Crippen LogP contribution in [0.3, 0.4) is 0 Å². The lowest BCUT2D eigenvalue weighted by atomic mass is 10.0. The van der Waals surface area contributed by atoms with Crippen LogP contribution < -0.4 is 5.32 Å². The lowest BCUT2D eigenvalue weighted by Gasteiger charge is -2.36. The number of hydrogen-bond donors (Lipinski definition) is 2. The van der Waals surface area contributed by atoms with Crippen LogP contribution in [0.25, 0.3) is 0 Å². The zero-order chi connectivity index (χ0) is 23.2. The number of carbonyl (C=O) groups is 1. The van der Waals surface area contributed by atoms with E-state index in [1.54, 1.807) is 23.1 Å². The van der Waals surface area contributed by atoms with Crippen LogP contribution >= 0.6 is 23.1 Å². The summed E-state index contributed by atoms with van der Waals surface area (Å²) < 4.78 is 13.6. The molecule has 2 heterocycles. The number of hydrogen-bond acceptors (Lipinski definition) is 8. The van der Waals surface area contributed by atoms with Gasteiger partial charge in [0, 0.05) is 31.2 Å². The average molecular weight is 486 g/mol. The number of benzene rings is 2. The maximum absolute atomic E-state index is 11.2. The molecule has 0 radical (unpaired) electrons. The van der Waals surface area contributed by atoms with Crippen molar-refractivity contribution in [1.82, 2.24) is 15.5 Å². The van der Waals surface area contributed by atoms with Gasteiger partial charge in [-0.1, -0.05) is 71.6 Å². The highest BCUT2D eigenvalue weighted by Crippen LogP contribution is 2.39. The van der Waals surface area contributed by atoms with Crippen LogP contribution in [0.15, 0.2) is 52.9 Å². The number of amides is 1. The lowest BCUT2D eigenvalue weighted by Crippen LogP contribution is -2.31. The number of ether oxygens (including phenoxy) is 2. The van der Waals surface area contributed by atoms with Crippen LogP contribution in [-0.4, -0.2) is 33.1 Å². The van der Waals surface area contributed by atoms with Crippen molar-refractivity contribution in [3.05, 3.63) is 75.8 Å². The smallest absolute Gasteiger partial charge is 0.217 e. The van der Waals surface area contributed by atoms with Crippen molar-refractivity contribution in [2.75, 3.05) is 5.75 Å². The molecule has 1 aliphatic rings. The van der Waals surface area contributed by atoms with E-state index in [0.29, 0.717) is 6.54 Å². The van der Waals surface area contributed by atoms with Crippen molar-refractivity contribution < 1.29 is 19.4 Å². The molecular formula is C24H27N3O4S2. The van der Waals surface area contributed by atoms with Crippen molar-refractivity contribution in [1.29, 1.82) is 0 Å². The second kappa shape index (κ2) is 11.2. The van der Waals surface area contributed by atoms with Crippen molar-refractivity contribution in [2.24, 2.45) is 0 Å². The molecular weight excluding hydrogens is 458 g/mol. The van der Waals surface area contributed by atoms with Crippen LogP contribution in [0.4, 0.5) is 0 Å². The molecule has 33 heavy (non-hydrogen) atoms. The summed E-state index contributed by atoms with van der Waals surface area (Å²) in [4.78, 5) is 11.2. The first-order chi connectivity index (χ1) is 16.0. The zero-order valence-electron chi connectivity index (χ0n) is 18.6. The summed E-state index contributed by atoms with van der Waals surface area (Å²) in [5.74, 6) is 0.694. The molecule has 1 saturated heterocycles. The third kappa shape index (κ3) is 6.61. The first-order valence-electron chi connectivity index (χ1n) is 10.8. The van der Waals surface area contributed by atoms with E-state index in [2.05, 4.69) is 15.5 Å². The zero-order valence-corrected chi connectivity index (χ0v) is 20.2. The summed E-state index contributed by atoms with van der Waals surface area (Å²) >= 11 is 3.23. The van der Waals surface area contributed by atoms with E-state index in [0.717, 1.165) is 43.8 Å². The van der Waals surface area contributed by atoms with Gasteiger partial charge in [0.25, 0.3) is 0 Å². The maximum Gasteiger partial charge on any atom is 0.217 e. The van der Waals surface area contributed by atoms with Crippen LogP contribution in [0.2, 0.25) is 0 Å². The van der Waals surface area contributed by atoms with E-state index in [-0.39, 0.29) is 24.7 Å². The minimum Gasteiger partial charge on any atom is -0.392 e. The highest BCUT2D eigenvalue weighted by atomic mass is 32.2. The molecule has 4 rings (SSSR count). The number of aromatic nitrogens is 2. The number of thioether (sulfide) groups is 1. The van der Waals surface area contributed by atoms with Gasteiger partial charge in [-0.3, -0.25) is 4.79 Å². The molecule has 1 amide bonds. The minimum absolute atomic E-state index is 0.0168. The van der Waals surface area contributed by atoms with Gasteiger partial charge in [0.2, 0.25) is 5.91 Å². The van der Waals surface area contributed by atoms with Crippen LogP contribution in [0, 0.1) is 6.92 Å². The highest BCUT2D eigenvalue weighted by Gasteiger charge is 2.32. The standard InChI is InChI=1S/C24H27N3O4S2/c1-15(29)25-12-17-3-9-20(10-4-17)23-30-21(14-32-24-27-26-16(2)33-24)11-22(31-23)19-7-5-18(13-28)6-8-19/h3-10,21-23,28H,11-14H2,1-2H3,(H,25,29)/t21-,22+,23+/m0/s1. The predicted octanol–water partition coefficient (Wildman–Crippen LogP) is 4.31. The summed E-state index contributed by atoms with van der Waals surface area (Å²) in [6.07, 6.45) is 0.0649. The Labute approximate surface area is 201 Å². The topological polar surface area (TPSA) is 93.6 Å². The first kappa shape index (κ1) is 23.8. The summed E-state index contributed by atoms with van der Waals surface area (Å²) in [6.45, 7) is 3.96. The molecule has 0 spiro atoms. The number of aliphatic hydroxyl groups is 1. The maximum atomic E-state index is 11.2. The summed E-state index contributed by atoms with van der Waals surface area (Å²) in [5, 5.41) is 21.4. The quantitative estimate of drug-likeness (QED) is 0.459. The summed E-state index contributed by atoms with van der Waals surface area (Å²) in [5.41, 5.74) is 3.88. The molecule has 174 valence electrons. The molecule has 0 unspecified atom stereocenters. The number of aliphatic hydroxyl groups excluding tert-OH is 1. The fourth-order valence-corrected chi connectivity index (χ4v) is 5.40. The van der Waals surface area contributed by atoms with E-state index in [9.17, 15) is 9.90 Å². The molecule has 1 aliphatic heterocycles. The molecule has 0 saturated carbocycles. The average Bonchev–Trinajstić information content (AvgIpc) is 3.26. The largest absolute Gasteiger partial charge is 0.392 e. The van der Waals surface area contributed by atoms with Gasteiger partial charge in [-0.05, 0) is 23.6 Å². The fraction of sp³-hybridized carbons (Fsp3) is 0.375. The second-order valence-electron chi connectivity index (χ2n) is 7.90. The van der Waals surface area contributed by atoms with E-state index < -0.39 is 6.29 Å². The Balaban J connectivity index is 1.49. The van der Waals surface area contributed by atoms with Crippen LogP contribution in [0.5, 0.6) is 0 Å². The van der Waals surface area contributed by atoms with Gasteiger partial charge in [-0.2, -0.15) is 0 Å². The molecule has 0 bridgehead atoms. The third-order valence-corrected chi connectivity index (χ3v) is 7.41. The van der Waals surface area contributed by atoms with Crippen molar-refractivity contribution in [3.8, 4) is 0 Å². The Kier molecular flexibility index (Phi) is 8.11. The lowest BCUT2D eigenvalue weighted by molar-refractivity contribution is -0.245. The third-order valence-electron chi connectivity index (χ3n) is 5.31. The van der Waals surface area contributed by atoms with E-state index in [4.69, 9.17) is 9.47 Å². The molecule has 1 aromatic heterocycles. The normalized spacial score (nSPS) is 20.5. The Morgan fingerprint density at radius 2 is 1.79 bits per heavy atom. The number of nitrogens with zero attached hydrogens (tertiary/aromatic N) is 2. The highest BCUT2D eigenvalue weighted by molar-refractivity contribution is 8.01. The minimum atomic E-state index is -0.502. The Hall–Kier alpha value is -2.30. The Bertz CT molecular complexity index is 1060. The number of nitrogens with one attached hydrogen (secondary N) is 1. The van der Waals surface area contributed by atoms with E-state index >= 15 is 0 Å². The van der Waals surface area contributed by atoms with Gasteiger partial charge in [-0.25, -0.2) is 0 Å². The molecule has 0 aliphatic carbocycles. The fourth-order valence-electron chi connectivity index (χ4n) is 3.54. The molecule has 9 heteroatoms. The van der Waals surface area contributed by atoms with Crippen molar-refractivity contribution >= 4 is 29.0 Å². The molecule has 3 atom stereocenters. The van der Waals surface area contributed by atoms with Gasteiger partial charge in [0.05, 0.1) is 18.8 Å².